The van der Waals surface area contributed by atoms with E-state index in [0.717, 1.165) is 57.8 Å². The zero-order valence-electron chi connectivity index (χ0n) is 23.1. The Morgan fingerprint density at radius 3 is 2.45 bits per heavy atom. The standard InChI is InChI=1S/C29H48N2O7/c1-14-23(34)22(30)24(35)26(36-14)37-16-6-9-27(2)15(12-16)4-5-20-19(27)7-10-28(3)18-8-11-29(20,28)38-25(31)17(18)13-21(32)33/h14-20,22-26,34-35H,4-13,30-31H2,1-3H3,(H,32,33)/t14-,15-,16+,17+,18-,19+,20-,22-,23-,24+,25-,26-,27+,28-,29+/m1/s1. The number of aliphatic hydroxyl groups is 2. The minimum absolute atomic E-state index is 0.00192. The molecule has 0 radical (unpaired) electrons. The van der Waals surface area contributed by atoms with E-state index in [9.17, 15) is 20.1 Å². The van der Waals surface area contributed by atoms with Crippen LogP contribution in [0, 0.1) is 40.4 Å². The van der Waals surface area contributed by atoms with Gasteiger partial charge in [0.25, 0.3) is 0 Å². The molecule has 9 heteroatoms. The van der Waals surface area contributed by atoms with Gasteiger partial charge in [-0.15, -0.1) is 0 Å². The fourth-order valence-corrected chi connectivity index (χ4v) is 10.7. The summed E-state index contributed by atoms with van der Waals surface area (Å²) in [5, 5.41) is 30.3. The molecule has 2 aliphatic heterocycles. The fraction of sp³-hybridized carbons (Fsp3) is 0.966. The van der Waals surface area contributed by atoms with Crippen molar-refractivity contribution in [3.05, 3.63) is 0 Å². The van der Waals surface area contributed by atoms with Crippen molar-refractivity contribution in [1.29, 1.82) is 0 Å². The van der Waals surface area contributed by atoms with E-state index in [-0.39, 0.29) is 34.9 Å². The minimum Gasteiger partial charge on any atom is -0.481 e. The number of carboxylic acid groups (broad SMARTS) is 1. The van der Waals surface area contributed by atoms with Gasteiger partial charge in [-0.2, -0.15) is 0 Å². The van der Waals surface area contributed by atoms with Crippen LogP contribution in [-0.4, -0.2) is 69.9 Å². The lowest BCUT2D eigenvalue weighted by Gasteiger charge is -2.67. The molecule has 0 unspecified atom stereocenters. The van der Waals surface area contributed by atoms with Crippen LogP contribution in [-0.2, 0) is 19.0 Å². The van der Waals surface area contributed by atoms with Gasteiger partial charge in [0, 0.05) is 11.3 Å². The molecule has 7 N–H and O–H groups in total. The van der Waals surface area contributed by atoms with Crippen LogP contribution >= 0.6 is 0 Å². The Labute approximate surface area is 225 Å². The molecule has 2 bridgehead atoms. The van der Waals surface area contributed by atoms with Crippen LogP contribution in [0.4, 0.5) is 0 Å². The molecule has 0 aromatic rings. The Kier molecular flexibility index (Phi) is 6.74. The molecule has 9 nitrogen and oxygen atoms in total. The average Bonchev–Trinajstić information content (AvgIpc) is 3.07. The number of carboxylic acids is 1. The number of hydrogen-bond acceptors (Lipinski definition) is 8. The molecule has 0 aromatic heterocycles. The van der Waals surface area contributed by atoms with Gasteiger partial charge in [0.1, 0.15) is 12.3 Å². The lowest BCUT2D eigenvalue weighted by Crippen LogP contribution is -2.68. The smallest absolute Gasteiger partial charge is 0.303 e. The molecule has 216 valence electrons. The van der Waals surface area contributed by atoms with Gasteiger partial charge in [-0.3, -0.25) is 4.79 Å². The molecule has 38 heavy (non-hydrogen) atoms. The third kappa shape index (κ3) is 3.79. The van der Waals surface area contributed by atoms with Gasteiger partial charge in [0.15, 0.2) is 6.29 Å². The number of ether oxygens (including phenoxy) is 3. The van der Waals surface area contributed by atoms with E-state index in [4.69, 9.17) is 25.7 Å². The first-order valence-corrected chi connectivity index (χ1v) is 15.0. The molecule has 4 saturated carbocycles. The molecule has 6 aliphatic rings. The largest absolute Gasteiger partial charge is 0.481 e. The number of fused-ring (bicyclic) bond motifs is 3. The number of carbonyl (C=O) groups is 1. The molecule has 2 heterocycles. The number of aliphatic carboxylic acids is 1. The van der Waals surface area contributed by atoms with Crippen molar-refractivity contribution < 1.29 is 34.3 Å². The Hall–Kier alpha value is -0.810. The molecule has 6 fully saturated rings. The highest BCUT2D eigenvalue weighted by Gasteiger charge is 2.72. The molecular weight excluding hydrogens is 488 g/mol. The lowest BCUT2D eigenvalue weighted by atomic mass is 9.42. The van der Waals surface area contributed by atoms with E-state index in [2.05, 4.69) is 13.8 Å². The van der Waals surface area contributed by atoms with Crippen molar-refractivity contribution in [2.75, 3.05) is 0 Å². The predicted molar refractivity (Wildman–Crippen MR) is 138 cm³/mol. The second-order valence-electron chi connectivity index (χ2n) is 14.1. The van der Waals surface area contributed by atoms with Crippen LogP contribution in [0.2, 0.25) is 0 Å². The summed E-state index contributed by atoms with van der Waals surface area (Å²) in [5.41, 5.74) is 12.5. The highest BCUT2D eigenvalue weighted by molar-refractivity contribution is 5.67. The maximum absolute atomic E-state index is 11.6. The molecule has 0 aromatic carbocycles. The van der Waals surface area contributed by atoms with Crippen LogP contribution in [0.25, 0.3) is 0 Å². The third-order valence-corrected chi connectivity index (χ3v) is 12.7. The summed E-state index contributed by atoms with van der Waals surface area (Å²) in [5.74, 6) is 0.944. The molecule has 6 rings (SSSR count). The Morgan fingerprint density at radius 2 is 1.71 bits per heavy atom. The molecule has 0 spiro atoms. The molecule has 15 atom stereocenters. The van der Waals surface area contributed by atoms with Crippen LogP contribution in [0.15, 0.2) is 0 Å². The van der Waals surface area contributed by atoms with Crippen LogP contribution < -0.4 is 11.5 Å². The van der Waals surface area contributed by atoms with Crippen molar-refractivity contribution in [3.63, 3.8) is 0 Å². The van der Waals surface area contributed by atoms with E-state index in [1.54, 1.807) is 6.92 Å². The van der Waals surface area contributed by atoms with Crippen molar-refractivity contribution in [2.24, 2.45) is 51.9 Å². The first kappa shape index (κ1) is 27.4. The third-order valence-electron chi connectivity index (χ3n) is 12.7. The molecule has 0 amide bonds. The van der Waals surface area contributed by atoms with E-state index in [1.807, 2.05) is 0 Å². The highest BCUT2D eigenvalue weighted by atomic mass is 16.7. The number of hydrogen-bond donors (Lipinski definition) is 5. The maximum atomic E-state index is 11.6. The second kappa shape index (κ2) is 9.36. The summed E-state index contributed by atoms with van der Waals surface area (Å²) < 4.78 is 19.0. The van der Waals surface area contributed by atoms with Crippen molar-refractivity contribution in [3.8, 4) is 0 Å². The molecule has 4 aliphatic carbocycles. The summed E-state index contributed by atoms with van der Waals surface area (Å²) in [6.07, 6.45) is 5.69. The summed E-state index contributed by atoms with van der Waals surface area (Å²) in [6, 6.07) is -0.781. The van der Waals surface area contributed by atoms with E-state index >= 15 is 0 Å². The predicted octanol–water partition coefficient (Wildman–Crippen LogP) is 2.35. The van der Waals surface area contributed by atoms with Crippen LogP contribution in [0.5, 0.6) is 0 Å². The summed E-state index contributed by atoms with van der Waals surface area (Å²) in [7, 11) is 0. The normalized spacial score (nSPS) is 58.0. The molecule has 2 saturated heterocycles. The van der Waals surface area contributed by atoms with Gasteiger partial charge in [0.2, 0.25) is 0 Å². The number of aliphatic hydroxyl groups excluding tert-OH is 2. The minimum atomic E-state index is -1.05. The second-order valence-corrected chi connectivity index (χ2v) is 14.1. The van der Waals surface area contributed by atoms with Gasteiger partial charge < -0.3 is 41.0 Å². The number of rotatable bonds is 4. The average molecular weight is 537 g/mol. The van der Waals surface area contributed by atoms with E-state index in [0.29, 0.717) is 23.7 Å². The number of nitrogens with two attached hydrogens (primary N) is 2. The topological polar surface area (TPSA) is 157 Å². The Morgan fingerprint density at radius 1 is 0.974 bits per heavy atom. The first-order chi connectivity index (χ1) is 17.9. The van der Waals surface area contributed by atoms with Gasteiger partial charge >= 0.3 is 5.97 Å². The molecular formula is C29H48N2O7. The quantitative estimate of drug-likeness (QED) is 0.340. The zero-order valence-corrected chi connectivity index (χ0v) is 23.1. The zero-order chi connectivity index (χ0) is 27.2. The monoisotopic (exact) mass is 536 g/mol. The summed E-state index contributed by atoms with van der Waals surface area (Å²) in [6.45, 7) is 6.62. The Balaban J connectivity index is 1.18. The summed E-state index contributed by atoms with van der Waals surface area (Å²) >= 11 is 0. The van der Waals surface area contributed by atoms with Crippen molar-refractivity contribution in [2.45, 2.75) is 134 Å². The first-order valence-electron chi connectivity index (χ1n) is 15.0. The van der Waals surface area contributed by atoms with Crippen LogP contribution in [0.3, 0.4) is 0 Å². The van der Waals surface area contributed by atoms with Crippen molar-refractivity contribution in [1.82, 2.24) is 0 Å². The van der Waals surface area contributed by atoms with Crippen LogP contribution in [0.1, 0.15) is 85.0 Å². The highest BCUT2D eigenvalue weighted by Crippen LogP contribution is 2.73. The van der Waals surface area contributed by atoms with Gasteiger partial charge in [-0.1, -0.05) is 13.8 Å². The Bertz CT molecular complexity index is 937. The lowest BCUT2D eigenvalue weighted by molar-refractivity contribution is -0.300. The SMILES string of the molecule is C[C@H]1O[C@H](O[C@H]2CC[C@@]3(C)[C@H](CC[C@@H]4[C@@H]3CC[C@]3(C)[C@@H]5CC[C@]43O[C@@H](N)[C@H]5CC(=O)O)C2)[C@@H](O)[C@H](N)[C@@H]1O. The fourth-order valence-electron chi connectivity index (χ4n) is 10.7. The maximum Gasteiger partial charge on any atom is 0.303 e. The van der Waals surface area contributed by atoms with Gasteiger partial charge in [-0.05, 0) is 93.8 Å². The van der Waals surface area contributed by atoms with Gasteiger partial charge in [-0.25, -0.2) is 0 Å². The van der Waals surface area contributed by atoms with Gasteiger partial charge in [0.05, 0.1) is 36.4 Å². The van der Waals surface area contributed by atoms with E-state index < -0.39 is 42.8 Å². The van der Waals surface area contributed by atoms with Crippen molar-refractivity contribution >= 4 is 5.97 Å². The summed E-state index contributed by atoms with van der Waals surface area (Å²) in [4.78, 5) is 11.6. The van der Waals surface area contributed by atoms with E-state index in [1.165, 1.54) is 0 Å².